The van der Waals surface area contributed by atoms with Crippen LogP contribution in [-0.2, 0) is 11.3 Å². The van der Waals surface area contributed by atoms with Gasteiger partial charge in [0.1, 0.15) is 11.0 Å². The van der Waals surface area contributed by atoms with E-state index in [4.69, 9.17) is 0 Å². The highest BCUT2D eigenvalue weighted by molar-refractivity contribution is 7.16. The third-order valence-corrected chi connectivity index (χ3v) is 5.12. The number of aryl methyl sites for hydroxylation is 2. The van der Waals surface area contributed by atoms with E-state index in [0.29, 0.717) is 22.7 Å². The molecule has 4 rings (SSSR count). The van der Waals surface area contributed by atoms with E-state index in [0.717, 1.165) is 15.7 Å². The molecule has 3 aromatic heterocycles. The number of fused-ring (bicyclic) bond motifs is 1. The van der Waals surface area contributed by atoms with Gasteiger partial charge in [0.15, 0.2) is 0 Å². The van der Waals surface area contributed by atoms with Crippen molar-refractivity contribution in [3.05, 3.63) is 45.9 Å². The highest BCUT2D eigenvalue weighted by Crippen LogP contribution is 2.27. The molecule has 0 bridgehead atoms. The molecule has 0 saturated heterocycles. The molecule has 11 heteroatoms. The lowest BCUT2D eigenvalue weighted by Crippen LogP contribution is -2.47. The number of hydrogen-bond donors (Lipinski definition) is 4. The van der Waals surface area contributed by atoms with Crippen LogP contribution in [0.15, 0.2) is 23.8 Å². The maximum atomic E-state index is 12.9. The van der Waals surface area contributed by atoms with Crippen LogP contribution in [0.2, 0.25) is 0 Å². The van der Waals surface area contributed by atoms with Gasteiger partial charge in [-0.05, 0) is 20.8 Å². The lowest BCUT2D eigenvalue weighted by Gasteiger charge is -2.27. The molecule has 0 spiro atoms. The largest absolute Gasteiger partial charge is 0.348 e. The van der Waals surface area contributed by atoms with Gasteiger partial charge in [0.05, 0.1) is 36.0 Å². The van der Waals surface area contributed by atoms with Crippen LogP contribution >= 0.6 is 11.3 Å². The van der Waals surface area contributed by atoms with Gasteiger partial charge in [-0.1, -0.05) is 11.3 Å². The molecule has 140 valence electrons. The van der Waals surface area contributed by atoms with Gasteiger partial charge in [-0.2, -0.15) is 5.10 Å². The van der Waals surface area contributed by atoms with Gasteiger partial charge in [-0.3, -0.25) is 4.79 Å². The first-order valence-corrected chi connectivity index (χ1v) is 9.12. The second-order valence-corrected chi connectivity index (χ2v) is 7.41. The highest BCUT2D eigenvalue weighted by atomic mass is 32.1. The fourth-order valence-corrected chi connectivity index (χ4v) is 3.80. The van der Waals surface area contributed by atoms with Crippen molar-refractivity contribution >= 4 is 28.2 Å². The monoisotopic (exact) mass is 386 g/mol. The number of rotatable bonds is 4. The quantitative estimate of drug-likeness (QED) is 0.533. The van der Waals surface area contributed by atoms with Crippen LogP contribution in [0.3, 0.4) is 0 Å². The summed E-state index contributed by atoms with van der Waals surface area (Å²) in [7, 11) is 0. The van der Waals surface area contributed by atoms with E-state index in [1.54, 1.807) is 17.6 Å². The smallest absolute Gasteiger partial charge is 0.319 e. The Bertz CT molecular complexity index is 1040. The van der Waals surface area contributed by atoms with Crippen LogP contribution < -0.4 is 16.0 Å². The van der Waals surface area contributed by atoms with Crippen molar-refractivity contribution in [3.8, 4) is 0 Å². The summed E-state index contributed by atoms with van der Waals surface area (Å²) in [4.78, 5) is 37.2. The number of amides is 3. The van der Waals surface area contributed by atoms with Crippen LogP contribution in [0.5, 0.6) is 0 Å². The summed E-state index contributed by atoms with van der Waals surface area (Å²) in [6.07, 6.45) is 3.33. The Labute approximate surface area is 158 Å². The maximum Gasteiger partial charge on any atom is 0.319 e. The lowest BCUT2D eigenvalue weighted by atomic mass is 9.98. The summed E-state index contributed by atoms with van der Waals surface area (Å²) in [5.41, 5.74) is 3.01. The summed E-state index contributed by atoms with van der Waals surface area (Å²) in [5, 5.41) is 13.5. The fraction of sp³-hybridized carbons (Fsp3) is 0.312. The lowest BCUT2D eigenvalue weighted by molar-refractivity contribution is -0.118. The Morgan fingerprint density at radius 2 is 2.19 bits per heavy atom. The molecule has 3 aromatic rings. The number of nitrogens with zero attached hydrogens (tertiary/aromatic N) is 4. The summed E-state index contributed by atoms with van der Waals surface area (Å²) >= 11 is 1.49. The van der Waals surface area contributed by atoms with Crippen molar-refractivity contribution in [1.82, 2.24) is 40.5 Å². The number of aromatic amines is 1. The molecule has 4 heterocycles. The standard InChI is InChI=1S/C16H18N8O2S/c1-7-11(13(22-15(26)20-7)12-8(2)18-6-19-12)14(25)17-4-10-5-24-16(21-10)27-9(3)23-24/h5-6,13H,4H2,1-3H3,(H,17,25)(H,18,19)(H2,20,22,26)/t13-/m0/s1. The minimum Gasteiger partial charge on any atom is -0.348 e. The number of imidazole rings is 2. The van der Waals surface area contributed by atoms with Crippen LogP contribution in [0.1, 0.15) is 35.1 Å². The number of hydrogen-bond acceptors (Lipinski definition) is 6. The van der Waals surface area contributed by atoms with Gasteiger partial charge in [-0.15, -0.1) is 0 Å². The van der Waals surface area contributed by atoms with Crippen molar-refractivity contribution < 1.29 is 9.59 Å². The van der Waals surface area contributed by atoms with Crippen LogP contribution in [0.4, 0.5) is 4.79 Å². The Morgan fingerprint density at radius 3 is 2.89 bits per heavy atom. The Kier molecular flexibility index (Phi) is 4.15. The number of nitrogens with one attached hydrogen (secondary N) is 4. The number of urea groups is 1. The molecule has 27 heavy (non-hydrogen) atoms. The molecule has 10 nitrogen and oxygen atoms in total. The van der Waals surface area contributed by atoms with E-state index in [2.05, 4.69) is 36.0 Å². The van der Waals surface area contributed by atoms with Crippen LogP contribution in [0.25, 0.3) is 4.96 Å². The summed E-state index contributed by atoms with van der Waals surface area (Å²) in [6.45, 7) is 5.71. The second kappa shape index (κ2) is 6.50. The first-order chi connectivity index (χ1) is 12.9. The van der Waals surface area contributed by atoms with Crippen molar-refractivity contribution in [2.75, 3.05) is 0 Å². The number of carbonyl (C=O) groups is 2. The summed E-state index contributed by atoms with van der Waals surface area (Å²) in [6, 6.07) is -0.993. The van der Waals surface area contributed by atoms with E-state index < -0.39 is 6.04 Å². The average Bonchev–Trinajstić information content (AvgIpc) is 3.26. The number of H-pyrrole nitrogens is 1. The third-order valence-electron chi connectivity index (χ3n) is 4.28. The molecule has 0 fully saturated rings. The average molecular weight is 386 g/mol. The number of aromatic nitrogens is 5. The van der Waals surface area contributed by atoms with Gasteiger partial charge in [0.25, 0.3) is 5.91 Å². The summed E-state index contributed by atoms with van der Waals surface area (Å²) in [5.74, 6) is -0.298. The zero-order valence-electron chi connectivity index (χ0n) is 15.0. The Balaban J connectivity index is 1.56. The molecule has 0 radical (unpaired) electrons. The van der Waals surface area contributed by atoms with Gasteiger partial charge in [0.2, 0.25) is 4.96 Å². The molecular formula is C16H18N8O2S. The molecule has 0 saturated carbocycles. The van der Waals surface area contributed by atoms with Crippen molar-refractivity contribution in [3.63, 3.8) is 0 Å². The predicted octanol–water partition coefficient (Wildman–Crippen LogP) is 1.08. The Hall–Kier alpha value is -3.21. The molecular weight excluding hydrogens is 368 g/mol. The Morgan fingerprint density at radius 1 is 1.37 bits per heavy atom. The maximum absolute atomic E-state index is 12.9. The molecule has 3 amide bonds. The SMILES string of the molecule is CC1=C(C(=O)NCc2cn3nc(C)sc3n2)[C@@H](c2nc[nH]c2C)NC(=O)N1. The fourth-order valence-electron chi connectivity index (χ4n) is 3.06. The number of allylic oxidation sites excluding steroid dienone is 1. The first-order valence-electron chi connectivity index (χ1n) is 8.30. The van der Waals surface area contributed by atoms with Crippen molar-refractivity contribution in [2.45, 2.75) is 33.4 Å². The van der Waals surface area contributed by atoms with Crippen LogP contribution in [0, 0.1) is 13.8 Å². The number of carbonyl (C=O) groups excluding carboxylic acids is 2. The van der Waals surface area contributed by atoms with Crippen molar-refractivity contribution in [2.24, 2.45) is 0 Å². The molecule has 0 aromatic carbocycles. The minimum absolute atomic E-state index is 0.255. The third kappa shape index (κ3) is 3.16. The topological polar surface area (TPSA) is 129 Å². The predicted molar refractivity (Wildman–Crippen MR) is 97.9 cm³/mol. The van der Waals surface area contributed by atoms with E-state index in [-0.39, 0.29) is 18.5 Å². The molecule has 1 aliphatic heterocycles. The molecule has 1 atom stereocenters. The van der Waals surface area contributed by atoms with E-state index in [1.807, 2.05) is 13.8 Å². The summed E-state index contributed by atoms with van der Waals surface area (Å²) < 4.78 is 1.70. The van der Waals surface area contributed by atoms with E-state index in [9.17, 15) is 9.59 Å². The highest BCUT2D eigenvalue weighted by Gasteiger charge is 2.33. The normalized spacial score (nSPS) is 17.1. The van der Waals surface area contributed by atoms with E-state index in [1.165, 1.54) is 17.7 Å². The van der Waals surface area contributed by atoms with Gasteiger partial charge in [0, 0.05) is 11.4 Å². The molecule has 0 unspecified atom stereocenters. The second-order valence-electron chi connectivity index (χ2n) is 6.25. The molecule has 1 aliphatic rings. The van der Waals surface area contributed by atoms with Gasteiger partial charge >= 0.3 is 6.03 Å². The zero-order valence-corrected chi connectivity index (χ0v) is 15.8. The van der Waals surface area contributed by atoms with Crippen LogP contribution in [-0.4, -0.2) is 36.5 Å². The van der Waals surface area contributed by atoms with E-state index >= 15 is 0 Å². The zero-order chi connectivity index (χ0) is 19.1. The molecule has 0 aliphatic carbocycles. The van der Waals surface area contributed by atoms with Gasteiger partial charge in [-0.25, -0.2) is 19.3 Å². The minimum atomic E-state index is -0.625. The van der Waals surface area contributed by atoms with Crippen molar-refractivity contribution in [1.29, 1.82) is 0 Å². The first kappa shape index (κ1) is 17.2. The van der Waals surface area contributed by atoms with Gasteiger partial charge < -0.3 is 20.9 Å². The molecule has 4 N–H and O–H groups in total.